The summed E-state index contributed by atoms with van der Waals surface area (Å²) in [5, 5.41) is 14.2. The molecule has 6 nitrogen and oxygen atoms in total. The summed E-state index contributed by atoms with van der Waals surface area (Å²) in [6, 6.07) is 14.5. The van der Waals surface area contributed by atoms with E-state index < -0.39 is 5.72 Å². The molecule has 0 spiro atoms. The molecule has 2 N–H and O–H groups in total. The number of carbonyl (C=O) groups is 1. The van der Waals surface area contributed by atoms with Crippen LogP contribution >= 0.6 is 0 Å². The smallest absolute Gasteiger partial charge is 0.256 e. The highest BCUT2D eigenvalue weighted by molar-refractivity contribution is 6.01. The molecule has 2 aromatic carbocycles. The third-order valence-corrected chi connectivity index (χ3v) is 7.84. The normalized spacial score (nSPS) is 23.1. The summed E-state index contributed by atoms with van der Waals surface area (Å²) in [6.45, 7) is 8.34. The van der Waals surface area contributed by atoms with Gasteiger partial charge in [0.1, 0.15) is 5.72 Å². The van der Waals surface area contributed by atoms with Crippen molar-refractivity contribution in [2.24, 2.45) is 5.92 Å². The predicted octanol–water partition coefficient (Wildman–Crippen LogP) is 4.25. The van der Waals surface area contributed by atoms with Gasteiger partial charge in [-0.25, -0.2) is 0 Å². The molecule has 2 aliphatic heterocycles. The minimum atomic E-state index is -0.915. The Hall–Kier alpha value is -2.57. The molecule has 2 aromatic rings. The summed E-state index contributed by atoms with van der Waals surface area (Å²) in [5.74, 6) is 0.396. The molecule has 6 heteroatoms. The Labute approximate surface area is 203 Å². The van der Waals surface area contributed by atoms with Gasteiger partial charge in [-0.05, 0) is 75.9 Å². The Bertz CT molecular complexity index is 1040. The number of aliphatic hydroxyl groups is 1. The zero-order chi connectivity index (χ0) is 23.9. The van der Waals surface area contributed by atoms with Crippen molar-refractivity contribution in [1.29, 1.82) is 0 Å². The molecule has 5 rings (SSSR count). The number of nitrogens with zero attached hydrogens (tertiary/aromatic N) is 3. The van der Waals surface area contributed by atoms with Gasteiger partial charge in [0.2, 0.25) is 0 Å². The summed E-state index contributed by atoms with van der Waals surface area (Å²) in [5.41, 5.74) is 4.17. The van der Waals surface area contributed by atoms with E-state index in [1.807, 2.05) is 19.1 Å². The van der Waals surface area contributed by atoms with Gasteiger partial charge >= 0.3 is 0 Å². The van der Waals surface area contributed by atoms with Crippen molar-refractivity contribution >= 4 is 17.3 Å². The molecule has 1 amide bonds. The van der Waals surface area contributed by atoms with E-state index in [2.05, 4.69) is 64.3 Å². The molecule has 2 unspecified atom stereocenters. The number of rotatable bonds is 6. The standard InChI is InChI=1S/C28H38N4O2/c1-20-8-4-5-9-23(20)26-19-30(3)16-17-32(26)27(33)24-13-12-22(29-28(2,34)21-10-11-21)18-25(24)31-14-6-7-15-31/h4-5,8-9,12-13,18,21,26,29,34H,6-7,10-11,14-17,19H2,1-3H3. The number of aryl methyl sites for hydroxylation is 1. The zero-order valence-electron chi connectivity index (χ0n) is 20.8. The molecule has 2 saturated heterocycles. The van der Waals surface area contributed by atoms with Crippen LogP contribution in [0.15, 0.2) is 42.5 Å². The minimum Gasteiger partial charge on any atom is -0.371 e. The lowest BCUT2D eigenvalue weighted by molar-refractivity contribution is 0.0497. The second-order valence-electron chi connectivity index (χ2n) is 10.6. The van der Waals surface area contributed by atoms with Crippen molar-refractivity contribution in [1.82, 2.24) is 9.80 Å². The van der Waals surface area contributed by atoms with Crippen LogP contribution in [-0.4, -0.2) is 66.3 Å². The molecule has 3 aliphatic rings. The summed E-state index contributed by atoms with van der Waals surface area (Å²) in [6.07, 6.45) is 4.40. The maximum absolute atomic E-state index is 14.1. The fraction of sp³-hybridized carbons (Fsp3) is 0.536. The third kappa shape index (κ3) is 4.66. The molecule has 2 atom stereocenters. The molecule has 1 aliphatic carbocycles. The van der Waals surface area contributed by atoms with Crippen molar-refractivity contribution in [2.75, 3.05) is 50.0 Å². The van der Waals surface area contributed by atoms with E-state index in [9.17, 15) is 9.90 Å². The largest absolute Gasteiger partial charge is 0.371 e. The maximum atomic E-state index is 14.1. The van der Waals surface area contributed by atoms with Gasteiger partial charge in [-0.1, -0.05) is 24.3 Å². The highest BCUT2D eigenvalue weighted by atomic mass is 16.3. The summed E-state index contributed by atoms with van der Waals surface area (Å²) < 4.78 is 0. The molecular formula is C28H38N4O2. The summed E-state index contributed by atoms with van der Waals surface area (Å²) >= 11 is 0. The van der Waals surface area contributed by atoms with Crippen LogP contribution in [0.5, 0.6) is 0 Å². The average molecular weight is 463 g/mol. The van der Waals surface area contributed by atoms with Gasteiger partial charge in [-0.2, -0.15) is 0 Å². The molecule has 182 valence electrons. The Kier molecular flexibility index (Phi) is 6.30. The van der Waals surface area contributed by atoms with Crippen LogP contribution in [0.2, 0.25) is 0 Å². The Morgan fingerprint density at radius 1 is 1.06 bits per heavy atom. The first-order valence-corrected chi connectivity index (χ1v) is 12.8. The third-order valence-electron chi connectivity index (χ3n) is 7.84. The molecule has 1 saturated carbocycles. The van der Waals surface area contributed by atoms with E-state index in [0.717, 1.165) is 68.8 Å². The first-order valence-electron chi connectivity index (χ1n) is 12.8. The number of carbonyl (C=O) groups excluding carboxylic acids is 1. The van der Waals surface area contributed by atoms with Crippen molar-refractivity contribution in [3.8, 4) is 0 Å². The van der Waals surface area contributed by atoms with E-state index in [1.54, 1.807) is 0 Å². The van der Waals surface area contributed by atoms with Crippen LogP contribution in [0.1, 0.15) is 60.1 Å². The van der Waals surface area contributed by atoms with E-state index in [4.69, 9.17) is 0 Å². The SMILES string of the molecule is Cc1ccccc1C1CN(C)CCN1C(=O)c1ccc(NC(C)(O)C2CC2)cc1N1CCCC1. The summed E-state index contributed by atoms with van der Waals surface area (Å²) in [7, 11) is 2.13. The molecule has 0 aromatic heterocycles. The number of benzene rings is 2. The number of likely N-dealkylation sites (N-methyl/N-ethyl adjacent to an activating group) is 1. The first-order chi connectivity index (χ1) is 16.3. The number of hydrogen-bond donors (Lipinski definition) is 2. The van der Waals surface area contributed by atoms with Crippen molar-refractivity contribution < 1.29 is 9.90 Å². The average Bonchev–Trinajstić information content (AvgIpc) is 3.55. The van der Waals surface area contributed by atoms with Crippen LogP contribution in [0, 0.1) is 12.8 Å². The molecule has 0 bridgehead atoms. The fourth-order valence-electron chi connectivity index (χ4n) is 5.59. The Morgan fingerprint density at radius 2 is 1.79 bits per heavy atom. The second-order valence-corrected chi connectivity index (χ2v) is 10.6. The van der Waals surface area contributed by atoms with E-state index in [0.29, 0.717) is 12.5 Å². The molecule has 0 radical (unpaired) electrons. The molecule has 2 heterocycles. The number of amides is 1. The molecular weight excluding hydrogens is 424 g/mol. The number of hydrogen-bond acceptors (Lipinski definition) is 5. The Morgan fingerprint density at radius 3 is 2.50 bits per heavy atom. The molecule has 3 fully saturated rings. The van der Waals surface area contributed by atoms with Crippen molar-refractivity contribution in [3.63, 3.8) is 0 Å². The highest BCUT2D eigenvalue weighted by Gasteiger charge is 2.40. The van der Waals surface area contributed by atoms with Crippen LogP contribution in [0.3, 0.4) is 0 Å². The number of nitrogens with one attached hydrogen (secondary N) is 1. The van der Waals surface area contributed by atoms with E-state index >= 15 is 0 Å². The summed E-state index contributed by atoms with van der Waals surface area (Å²) in [4.78, 5) is 20.8. The monoisotopic (exact) mass is 462 g/mol. The minimum absolute atomic E-state index is 0.0345. The van der Waals surface area contributed by atoms with Gasteiger partial charge in [-0.3, -0.25) is 4.79 Å². The fourth-order valence-corrected chi connectivity index (χ4v) is 5.59. The lowest BCUT2D eigenvalue weighted by atomic mass is 9.96. The van der Waals surface area contributed by atoms with Gasteiger partial charge in [0, 0.05) is 44.3 Å². The van der Waals surface area contributed by atoms with Crippen LogP contribution in [0.25, 0.3) is 0 Å². The van der Waals surface area contributed by atoms with Gasteiger partial charge < -0.3 is 25.1 Å². The predicted molar refractivity (Wildman–Crippen MR) is 137 cm³/mol. The molecule has 34 heavy (non-hydrogen) atoms. The number of anilines is 2. The van der Waals surface area contributed by atoms with E-state index in [-0.39, 0.29) is 11.9 Å². The lowest BCUT2D eigenvalue weighted by Crippen LogP contribution is -2.49. The lowest BCUT2D eigenvalue weighted by Gasteiger charge is -2.41. The topological polar surface area (TPSA) is 59.1 Å². The van der Waals surface area contributed by atoms with Crippen molar-refractivity contribution in [3.05, 3.63) is 59.2 Å². The zero-order valence-corrected chi connectivity index (χ0v) is 20.8. The van der Waals surface area contributed by atoms with Crippen molar-refractivity contribution in [2.45, 2.75) is 51.3 Å². The first kappa shape index (κ1) is 23.2. The van der Waals surface area contributed by atoms with Crippen LogP contribution in [-0.2, 0) is 0 Å². The second kappa shape index (κ2) is 9.23. The Balaban J connectivity index is 1.48. The van der Waals surface area contributed by atoms with Gasteiger partial charge in [-0.15, -0.1) is 0 Å². The number of piperazine rings is 1. The van der Waals surface area contributed by atoms with E-state index in [1.165, 1.54) is 11.1 Å². The quantitative estimate of drug-likeness (QED) is 0.629. The van der Waals surface area contributed by atoms with Gasteiger partial charge in [0.05, 0.1) is 17.3 Å². The van der Waals surface area contributed by atoms with Crippen LogP contribution in [0.4, 0.5) is 11.4 Å². The van der Waals surface area contributed by atoms with Crippen LogP contribution < -0.4 is 10.2 Å². The van der Waals surface area contributed by atoms with Gasteiger partial charge in [0.15, 0.2) is 0 Å². The highest BCUT2D eigenvalue weighted by Crippen LogP contribution is 2.41. The van der Waals surface area contributed by atoms with Gasteiger partial charge in [0.25, 0.3) is 5.91 Å². The maximum Gasteiger partial charge on any atom is 0.256 e.